The summed E-state index contributed by atoms with van der Waals surface area (Å²) in [6, 6.07) is 10.7. The van der Waals surface area contributed by atoms with Crippen LogP contribution in [0.3, 0.4) is 0 Å². The highest BCUT2D eigenvalue weighted by Crippen LogP contribution is 2.28. The minimum Gasteiger partial charge on any atom is -0.508 e. The molecule has 0 spiro atoms. The molecule has 0 aromatic heterocycles. The van der Waals surface area contributed by atoms with Crippen molar-refractivity contribution in [2.45, 2.75) is 34.1 Å². The second-order valence-electron chi connectivity index (χ2n) is 7.02. The van der Waals surface area contributed by atoms with E-state index < -0.39 is 14.7 Å². The molecule has 0 aliphatic carbocycles. The van der Waals surface area contributed by atoms with E-state index in [1.165, 1.54) is 11.9 Å². The number of benzene rings is 2. The lowest BCUT2D eigenvalue weighted by Gasteiger charge is -2.21. The van der Waals surface area contributed by atoms with Gasteiger partial charge in [-0.1, -0.05) is 12.1 Å². The molecule has 0 heterocycles. The maximum atomic E-state index is 13.1. The van der Waals surface area contributed by atoms with Crippen LogP contribution in [0.2, 0.25) is 0 Å². The van der Waals surface area contributed by atoms with Gasteiger partial charge in [0.1, 0.15) is 35.5 Å². The van der Waals surface area contributed by atoms with Crippen LogP contribution in [0.4, 0.5) is 0 Å². The van der Waals surface area contributed by atoms with Crippen LogP contribution in [0.1, 0.15) is 39.8 Å². The molecule has 0 aliphatic rings. The zero-order valence-electron chi connectivity index (χ0n) is 18.1. The summed E-state index contributed by atoms with van der Waals surface area (Å²) in [5.74, 6) is 3.33. The van der Waals surface area contributed by atoms with Crippen LogP contribution in [0.25, 0.3) is 0 Å². The number of aryl methyl sites for hydroxylation is 2. The van der Waals surface area contributed by atoms with Crippen molar-refractivity contribution in [1.82, 2.24) is 0 Å². The highest BCUT2D eigenvalue weighted by Gasteiger charge is 2.33. The Morgan fingerprint density at radius 1 is 0.906 bits per heavy atom. The van der Waals surface area contributed by atoms with Crippen LogP contribution < -0.4 is 8.85 Å². The molecule has 32 heavy (non-hydrogen) atoms. The Hall–Kier alpha value is -4.19. The van der Waals surface area contributed by atoms with Gasteiger partial charge in [0, 0.05) is 12.5 Å². The Morgan fingerprint density at radius 3 is 1.75 bits per heavy atom. The Labute approximate surface area is 187 Å². The fraction of sp³-hybridized carbons (Fsp3) is 0.208. The number of carbonyl (C=O) groups is 1. The molecule has 0 fully saturated rings. The first-order valence-corrected chi connectivity index (χ1v) is 11.1. The van der Waals surface area contributed by atoms with Gasteiger partial charge in [0.2, 0.25) is 5.41 Å². The topological polar surface area (TPSA) is 117 Å². The summed E-state index contributed by atoms with van der Waals surface area (Å²) in [5.41, 5.74) is 3.24. The predicted molar refractivity (Wildman–Crippen MR) is 119 cm³/mol. The van der Waals surface area contributed by atoms with E-state index in [0.717, 1.165) is 17.2 Å². The number of nitrogens with zero attached hydrogens (tertiary/aromatic N) is 2. The third kappa shape index (κ3) is 5.10. The molecule has 0 aliphatic heterocycles. The van der Waals surface area contributed by atoms with Gasteiger partial charge in [0.15, 0.2) is 0 Å². The quantitative estimate of drug-likeness (QED) is 0.349. The van der Waals surface area contributed by atoms with Crippen molar-refractivity contribution in [1.29, 1.82) is 10.5 Å². The highest BCUT2D eigenvalue weighted by molar-refractivity contribution is 6.85. The number of allylic oxidation sites excluding steroid dienone is 2. The van der Waals surface area contributed by atoms with Crippen molar-refractivity contribution in [3.05, 3.63) is 69.3 Å². The third-order valence-corrected chi connectivity index (χ3v) is 6.82. The summed E-state index contributed by atoms with van der Waals surface area (Å²) >= 11 is 0. The number of rotatable bonds is 8. The van der Waals surface area contributed by atoms with Gasteiger partial charge in [-0.25, -0.2) is 9.59 Å². The van der Waals surface area contributed by atoms with Gasteiger partial charge < -0.3 is 8.85 Å². The molecule has 160 valence electrons. The summed E-state index contributed by atoms with van der Waals surface area (Å²) in [6.45, 7) is 7.18. The van der Waals surface area contributed by atoms with Gasteiger partial charge in [0.25, 0.3) is 0 Å². The average Bonchev–Trinajstić information content (AvgIpc) is 2.78. The average molecular weight is 445 g/mol. The summed E-state index contributed by atoms with van der Waals surface area (Å²) in [6.07, 6.45) is 0.704. The van der Waals surface area contributed by atoms with Crippen LogP contribution in [0.15, 0.2) is 35.9 Å². The van der Waals surface area contributed by atoms with Crippen molar-refractivity contribution >= 4 is 26.6 Å². The largest absolute Gasteiger partial charge is 0.522 e. The van der Waals surface area contributed by atoms with Gasteiger partial charge >= 0.3 is 9.28 Å². The first-order valence-electron chi connectivity index (χ1n) is 9.60. The van der Waals surface area contributed by atoms with Crippen molar-refractivity contribution in [2.24, 2.45) is 0 Å². The van der Waals surface area contributed by atoms with Gasteiger partial charge in [0.05, 0.1) is 16.7 Å². The molecule has 0 bridgehead atoms. The number of carbonyl (C=O) groups excluding carboxylic acids is 3. The standard InChI is InChI=1S/C24H20N2O5Si/c1-15-7-9-22(20(12-25)17(15)3)30-32(24(29)19(14-28)6-5-11-27)31-23-10-8-16(2)18(4)21(23)13-26/h5,7-10,32H,6H2,1-4H3. The van der Waals surface area contributed by atoms with Crippen molar-refractivity contribution < 1.29 is 23.2 Å². The maximum Gasteiger partial charge on any atom is 0.522 e. The van der Waals surface area contributed by atoms with E-state index in [1.54, 1.807) is 38.1 Å². The zero-order valence-corrected chi connectivity index (χ0v) is 19.3. The number of nitriles is 2. The van der Waals surface area contributed by atoms with Crippen molar-refractivity contribution in [3.8, 4) is 23.6 Å². The molecular formula is C24H20N2O5Si. The van der Waals surface area contributed by atoms with Crippen molar-refractivity contribution in [3.63, 3.8) is 0 Å². The molecule has 2 aromatic carbocycles. The molecule has 0 atom stereocenters. The summed E-state index contributed by atoms with van der Waals surface area (Å²) < 4.78 is 11.8. The number of hydrogen-bond acceptors (Lipinski definition) is 7. The normalized spacial score (nSPS) is 9.72. The minimum absolute atomic E-state index is 0.138. The lowest BCUT2D eigenvalue weighted by molar-refractivity contribution is -0.110. The molecule has 0 saturated heterocycles. The lowest BCUT2D eigenvalue weighted by Crippen LogP contribution is -2.41. The second kappa shape index (κ2) is 10.7. The van der Waals surface area contributed by atoms with E-state index in [-0.39, 0.29) is 34.6 Å². The van der Waals surface area contributed by atoms with Crippen LogP contribution in [0, 0.1) is 50.4 Å². The van der Waals surface area contributed by atoms with E-state index in [4.69, 9.17) is 8.85 Å². The van der Waals surface area contributed by atoms with Crippen molar-refractivity contribution in [2.75, 3.05) is 0 Å². The monoisotopic (exact) mass is 444 g/mol. The Balaban J connectivity index is 2.58. The van der Waals surface area contributed by atoms with Crippen LogP contribution >= 0.6 is 0 Å². The Morgan fingerprint density at radius 2 is 1.38 bits per heavy atom. The summed E-state index contributed by atoms with van der Waals surface area (Å²) in [7, 11) is -3.45. The second-order valence-corrected chi connectivity index (χ2v) is 8.68. The van der Waals surface area contributed by atoms with Crippen LogP contribution in [-0.4, -0.2) is 26.6 Å². The lowest BCUT2D eigenvalue weighted by atomic mass is 10.0. The van der Waals surface area contributed by atoms with Gasteiger partial charge in [-0.05, 0) is 62.1 Å². The van der Waals surface area contributed by atoms with E-state index >= 15 is 0 Å². The Bertz CT molecular complexity index is 1190. The molecule has 0 saturated carbocycles. The SMILES string of the molecule is Cc1ccc(O[SiH](Oc2ccc(C)c(C)c2C#N)C(=O)C(=C=O)CC=C=O)c(C#N)c1C. The van der Waals surface area contributed by atoms with Gasteiger partial charge in [-0.3, -0.25) is 4.79 Å². The molecule has 2 aromatic rings. The molecule has 0 amide bonds. The van der Waals surface area contributed by atoms with E-state index in [9.17, 15) is 24.9 Å². The molecule has 0 unspecified atom stereocenters. The predicted octanol–water partition coefficient (Wildman–Crippen LogP) is 2.99. The molecular weight excluding hydrogens is 424 g/mol. The van der Waals surface area contributed by atoms with E-state index in [2.05, 4.69) is 12.1 Å². The Kier molecular flexibility index (Phi) is 8.07. The zero-order chi connectivity index (χ0) is 23.8. The van der Waals surface area contributed by atoms with Gasteiger partial charge in [-0.2, -0.15) is 10.5 Å². The summed E-state index contributed by atoms with van der Waals surface area (Å²) in [5, 5.41) is 18.4. The van der Waals surface area contributed by atoms with E-state index in [0.29, 0.717) is 11.1 Å². The first kappa shape index (κ1) is 24.1. The smallest absolute Gasteiger partial charge is 0.508 e. The number of hydrogen-bond donors (Lipinski definition) is 0. The fourth-order valence-corrected chi connectivity index (χ4v) is 4.47. The van der Waals surface area contributed by atoms with Gasteiger partial charge in [-0.15, -0.1) is 0 Å². The fourth-order valence-electron chi connectivity index (χ4n) is 2.90. The third-order valence-electron chi connectivity index (χ3n) is 5.11. The first-order chi connectivity index (χ1) is 15.3. The molecule has 0 N–H and O–H groups in total. The maximum absolute atomic E-state index is 13.1. The highest BCUT2D eigenvalue weighted by atomic mass is 28.3. The molecule has 7 nitrogen and oxygen atoms in total. The van der Waals surface area contributed by atoms with E-state index in [1.807, 2.05) is 13.8 Å². The molecule has 8 heteroatoms. The van der Waals surface area contributed by atoms with Crippen LogP contribution in [0.5, 0.6) is 11.5 Å². The molecule has 2 rings (SSSR count). The minimum atomic E-state index is -3.45. The summed E-state index contributed by atoms with van der Waals surface area (Å²) in [4.78, 5) is 35.0. The van der Waals surface area contributed by atoms with Crippen LogP contribution in [-0.2, 0) is 14.4 Å². The molecule has 0 radical (unpaired) electrons.